The Kier molecular flexibility index (Phi) is 5.39. The Morgan fingerprint density at radius 2 is 2.35 bits per heavy atom. The van der Waals surface area contributed by atoms with Gasteiger partial charge >= 0.3 is 5.69 Å². The standard InChI is InChI=1S/C9H14FN3O3S/c1-15-2-3-16-7(5-17)13-4-6(10)8(11)12-9(13)14/h4,7,17H,2-3,5H2,1H3,(H2,11,12,14)/t7-/m1/s1. The molecule has 96 valence electrons. The van der Waals surface area contributed by atoms with Gasteiger partial charge in [0.05, 0.1) is 19.4 Å². The van der Waals surface area contributed by atoms with Gasteiger partial charge in [0.25, 0.3) is 0 Å². The number of hydrogen-bond donors (Lipinski definition) is 2. The lowest BCUT2D eigenvalue weighted by Gasteiger charge is -2.17. The summed E-state index contributed by atoms with van der Waals surface area (Å²) in [5.41, 5.74) is 4.49. The first-order chi connectivity index (χ1) is 8.10. The highest BCUT2D eigenvalue weighted by molar-refractivity contribution is 7.80. The maximum absolute atomic E-state index is 13.2. The average Bonchev–Trinajstić information content (AvgIpc) is 2.30. The van der Waals surface area contributed by atoms with Gasteiger partial charge in [-0.3, -0.25) is 4.57 Å². The van der Waals surface area contributed by atoms with Crippen molar-refractivity contribution < 1.29 is 13.9 Å². The summed E-state index contributed by atoms with van der Waals surface area (Å²) in [7, 11) is 1.52. The molecule has 0 saturated heterocycles. The average molecular weight is 263 g/mol. The van der Waals surface area contributed by atoms with Crippen LogP contribution in [0.25, 0.3) is 0 Å². The zero-order valence-corrected chi connectivity index (χ0v) is 10.2. The number of halogens is 1. The van der Waals surface area contributed by atoms with Gasteiger partial charge < -0.3 is 15.2 Å². The lowest BCUT2D eigenvalue weighted by molar-refractivity contribution is -0.0111. The van der Waals surface area contributed by atoms with Gasteiger partial charge in [0.1, 0.15) is 6.23 Å². The monoisotopic (exact) mass is 263 g/mol. The molecule has 0 spiro atoms. The summed E-state index contributed by atoms with van der Waals surface area (Å²) in [6.07, 6.45) is 0.252. The van der Waals surface area contributed by atoms with E-state index in [0.29, 0.717) is 6.61 Å². The van der Waals surface area contributed by atoms with Gasteiger partial charge in [0, 0.05) is 12.9 Å². The smallest absolute Gasteiger partial charge is 0.351 e. The van der Waals surface area contributed by atoms with Gasteiger partial charge in [0.15, 0.2) is 11.6 Å². The molecule has 0 fully saturated rings. The van der Waals surface area contributed by atoms with Crippen LogP contribution in [0.5, 0.6) is 0 Å². The van der Waals surface area contributed by atoms with Gasteiger partial charge in [0.2, 0.25) is 0 Å². The fraction of sp³-hybridized carbons (Fsp3) is 0.556. The second-order valence-electron chi connectivity index (χ2n) is 3.16. The van der Waals surface area contributed by atoms with E-state index >= 15 is 0 Å². The minimum atomic E-state index is -0.772. The zero-order valence-electron chi connectivity index (χ0n) is 9.30. The number of rotatable bonds is 6. The Balaban J connectivity index is 2.88. The third-order valence-electron chi connectivity index (χ3n) is 2.00. The molecule has 0 aliphatic heterocycles. The van der Waals surface area contributed by atoms with Crippen LogP contribution in [0.4, 0.5) is 10.2 Å². The predicted octanol–water partition coefficient (Wildman–Crippen LogP) is 0.0560. The first kappa shape index (κ1) is 13.9. The molecule has 0 aromatic carbocycles. The molecule has 0 aliphatic carbocycles. The van der Waals surface area contributed by atoms with Crippen molar-refractivity contribution in [1.29, 1.82) is 0 Å². The normalized spacial score (nSPS) is 12.6. The Morgan fingerprint density at radius 1 is 1.65 bits per heavy atom. The van der Waals surface area contributed by atoms with E-state index in [2.05, 4.69) is 17.6 Å². The molecule has 0 unspecified atom stereocenters. The van der Waals surface area contributed by atoms with Crippen LogP contribution in [0.3, 0.4) is 0 Å². The van der Waals surface area contributed by atoms with Gasteiger partial charge in [-0.25, -0.2) is 9.18 Å². The van der Waals surface area contributed by atoms with Crippen molar-refractivity contribution >= 4 is 18.4 Å². The van der Waals surface area contributed by atoms with Crippen LogP contribution in [0.2, 0.25) is 0 Å². The van der Waals surface area contributed by atoms with E-state index < -0.39 is 23.6 Å². The minimum Gasteiger partial charge on any atom is -0.382 e. The second-order valence-corrected chi connectivity index (χ2v) is 3.53. The summed E-state index contributed by atoms with van der Waals surface area (Å²) in [5.74, 6) is -0.998. The topological polar surface area (TPSA) is 79.4 Å². The van der Waals surface area contributed by atoms with Gasteiger partial charge in [-0.1, -0.05) is 0 Å². The largest absolute Gasteiger partial charge is 0.382 e. The molecular weight excluding hydrogens is 249 g/mol. The quantitative estimate of drug-likeness (QED) is 0.560. The first-order valence-corrected chi connectivity index (χ1v) is 5.49. The summed E-state index contributed by atoms with van der Waals surface area (Å²) in [6, 6.07) is 0. The molecule has 1 rings (SSSR count). The Bertz CT molecular complexity index is 426. The molecule has 8 heteroatoms. The third kappa shape index (κ3) is 3.69. The summed E-state index contributed by atoms with van der Waals surface area (Å²) in [4.78, 5) is 14.8. The molecule has 0 radical (unpaired) electrons. The molecule has 17 heavy (non-hydrogen) atoms. The van der Waals surface area contributed by atoms with Crippen molar-refractivity contribution in [2.24, 2.45) is 0 Å². The second kappa shape index (κ2) is 6.58. The Hall–Kier alpha value is -1.12. The maximum Gasteiger partial charge on any atom is 0.351 e. The fourth-order valence-corrected chi connectivity index (χ4v) is 1.43. The highest BCUT2D eigenvalue weighted by Crippen LogP contribution is 2.10. The Morgan fingerprint density at radius 3 is 2.94 bits per heavy atom. The summed E-state index contributed by atoms with van der Waals surface area (Å²) in [5, 5.41) is 0. The van der Waals surface area contributed by atoms with Crippen LogP contribution in [-0.2, 0) is 9.47 Å². The maximum atomic E-state index is 13.2. The minimum absolute atomic E-state index is 0.203. The number of hydrogen-bond acceptors (Lipinski definition) is 6. The van der Waals surface area contributed by atoms with Crippen LogP contribution >= 0.6 is 12.6 Å². The number of methoxy groups -OCH3 is 1. The van der Waals surface area contributed by atoms with E-state index in [1.165, 1.54) is 7.11 Å². The van der Waals surface area contributed by atoms with E-state index in [4.69, 9.17) is 15.2 Å². The van der Waals surface area contributed by atoms with Gasteiger partial charge in [-0.2, -0.15) is 17.6 Å². The molecule has 0 aliphatic rings. The molecule has 1 heterocycles. The van der Waals surface area contributed by atoms with Crippen LogP contribution in [0.15, 0.2) is 11.0 Å². The number of ether oxygens (including phenoxy) is 2. The van der Waals surface area contributed by atoms with Crippen molar-refractivity contribution in [3.63, 3.8) is 0 Å². The number of aromatic nitrogens is 2. The van der Waals surface area contributed by atoms with Crippen molar-refractivity contribution in [3.8, 4) is 0 Å². The molecule has 1 atom stereocenters. The third-order valence-corrected chi connectivity index (χ3v) is 2.31. The number of nitrogen functional groups attached to an aromatic ring is 1. The zero-order chi connectivity index (χ0) is 12.8. The molecule has 2 N–H and O–H groups in total. The lowest BCUT2D eigenvalue weighted by atomic mass is 10.5. The SMILES string of the molecule is COCCO[C@H](CS)n1cc(F)c(N)nc1=O. The molecule has 1 aromatic heterocycles. The summed E-state index contributed by atoms with van der Waals surface area (Å²) < 4.78 is 24.3. The van der Waals surface area contributed by atoms with Crippen LogP contribution in [-0.4, -0.2) is 35.6 Å². The van der Waals surface area contributed by atoms with E-state index in [0.717, 1.165) is 10.8 Å². The summed E-state index contributed by atoms with van der Waals surface area (Å²) >= 11 is 4.03. The number of thiol groups is 1. The highest BCUT2D eigenvalue weighted by atomic mass is 32.1. The highest BCUT2D eigenvalue weighted by Gasteiger charge is 2.14. The van der Waals surface area contributed by atoms with Crippen LogP contribution < -0.4 is 11.4 Å². The lowest BCUT2D eigenvalue weighted by Crippen LogP contribution is -2.31. The molecule has 0 amide bonds. The number of nitrogens with two attached hydrogens (primary N) is 1. The predicted molar refractivity (Wildman–Crippen MR) is 63.6 cm³/mol. The fourth-order valence-electron chi connectivity index (χ4n) is 1.15. The van der Waals surface area contributed by atoms with Gasteiger partial charge in [-0.15, -0.1) is 0 Å². The Labute approximate surface area is 103 Å². The van der Waals surface area contributed by atoms with Crippen molar-refractivity contribution in [3.05, 3.63) is 22.5 Å². The summed E-state index contributed by atoms with van der Waals surface area (Å²) in [6.45, 7) is 0.629. The first-order valence-electron chi connectivity index (χ1n) is 4.85. The number of nitrogens with zero attached hydrogens (tertiary/aromatic N) is 2. The van der Waals surface area contributed by atoms with Crippen molar-refractivity contribution in [1.82, 2.24) is 9.55 Å². The number of anilines is 1. The molecule has 6 nitrogen and oxygen atoms in total. The van der Waals surface area contributed by atoms with Crippen LogP contribution in [0, 0.1) is 5.82 Å². The molecular formula is C9H14FN3O3S. The molecule has 0 bridgehead atoms. The van der Waals surface area contributed by atoms with Crippen molar-refractivity contribution in [2.45, 2.75) is 6.23 Å². The molecule has 1 aromatic rings. The van der Waals surface area contributed by atoms with E-state index in [9.17, 15) is 9.18 Å². The van der Waals surface area contributed by atoms with E-state index in [1.54, 1.807) is 0 Å². The van der Waals surface area contributed by atoms with E-state index in [1.807, 2.05) is 0 Å². The van der Waals surface area contributed by atoms with Crippen molar-refractivity contribution in [2.75, 3.05) is 31.8 Å². The van der Waals surface area contributed by atoms with Gasteiger partial charge in [-0.05, 0) is 0 Å². The molecule has 0 saturated carbocycles. The van der Waals surface area contributed by atoms with E-state index in [-0.39, 0.29) is 12.4 Å². The van der Waals surface area contributed by atoms with Crippen LogP contribution in [0.1, 0.15) is 6.23 Å².